The van der Waals surface area contributed by atoms with E-state index in [-0.39, 0.29) is 18.9 Å². The van der Waals surface area contributed by atoms with Crippen molar-refractivity contribution in [3.63, 3.8) is 0 Å². The molecule has 0 aliphatic carbocycles. The Morgan fingerprint density at radius 2 is 1.96 bits per heavy atom. The summed E-state index contributed by atoms with van der Waals surface area (Å²) in [6, 6.07) is 7.76. The Hall–Kier alpha value is -2.41. The predicted octanol–water partition coefficient (Wildman–Crippen LogP) is 2.80. The molecule has 0 unspecified atom stereocenters. The summed E-state index contributed by atoms with van der Waals surface area (Å²) in [5.41, 5.74) is 0.823. The van der Waals surface area contributed by atoms with Gasteiger partial charge in [-0.15, -0.1) is 11.3 Å². The Bertz CT molecular complexity index is 738. The number of benzene rings is 1. The van der Waals surface area contributed by atoms with E-state index in [1.807, 2.05) is 36.6 Å². The summed E-state index contributed by atoms with van der Waals surface area (Å²) in [6.07, 6.45) is 0.122. The second-order valence-electron chi connectivity index (χ2n) is 6.48. The highest BCUT2D eigenvalue weighted by Gasteiger charge is 2.27. The Kier molecular flexibility index (Phi) is 6.14. The quantitative estimate of drug-likeness (QED) is 0.754. The van der Waals surface area contributed by atoms with Crippen LogP contribution in [-0.2, 0) is 22.6 Å². The van der Waals surface area contributed by atoms with E-state index in [9.17, 15) is 9.59 Å². The number of nitrogens with zero attached hydrogens (tertiary/aromatic N) is 1. The number of aromatic nitrogens is 1. The average molecular weight is 362 g/mol. The van der Waals surface area contributed by atoms with Crippen molar-refractivity contribution in [2.24, 2.45) is 5.41 Å². The molecular weight excluding hydrogens is 340 g/mol. The third kappa shape index (κ3) is 5.86. The summed E-state index contributed by atoms with van der Waals surface area (Å²) >= 11 is 1.43. The molecule has 7 heteroatoms. The van der Waals surface area contributed by atoms with Crippen molar-refractivity contribution in [3.05, 3.63) is 45.9 Å². The topological polar surface area (TPSA) is 88.5 Å². The van der Waals surface area contributed by atoms with Crippen LogP contribution < -0.4 is 10.1 Å². The van der Waals surface area contributed by atoms with E-state index >= 15 is 0 Å². The number of carboxylic acids is 1. The Morgan fingerprint density at radius 1 is 1.28 bits per heavy atom. The largest absolute Gasteiger partial charge is 0.486 e. The van der Waals surface area contributed by atoms with Crippen LogP contribution in [-0.4, -0.2) is 28.5 Å². The van der Waals surface area contributed by atoms with Crippen LogP contribution in [0.1, 0.15) is 30.1 Å². The van der Waals surface area contributed by atoms with E-state index < -0.39 is 11.4 Å². The van der Waals surface area contributed by atoms with E-state index in [0.717, 1.165) is 10.8 Å². The fourth-order valence-electron chi connectivity index (χ4n) is 1.90. The molecule has 1 aromatic carbocycles. The standard InChI is InChI=1S/C18H22N2O4S/c1-12-4-6-14(7-5-12)24-9-16-20-13(10-25-16)8-15(21)19-11-18(2,3)17(22)23/h4-7,10H,8-9,11H2,1-3H3,(H,19,21)(H,22,23). The van der Waals surface area contributed by atoms with Gasteiger partial charge in [-0.05, 0) is 32.9 Å². The second-order valence-corrected chi connectivity index (χ2v) is 7.42. The molecule has 134 valence electrons. The van der Waals surface area contributed by atoms with Crippen LogP contribution in [0.3, 0.4) is 0 Å². The van der Waals surface area contributed by atoms with Gasteiger partial charge in [-0.3, -0.25) is 9.59 Å². The number of hydrogen-bond acceptors (Lipinski definition) is 5. The Morgan fingerprint density at radius 3 is 2.60 bits per heavy atom. The van der Waals surface area contributed by atoms with Gasteiger partial charge in [0, 0.05) is 11.9 Å². The van der Waals surface area contributed by atoms with Crippen LogP contribution in [0.4, 0.5) is 0 Å². The van der Waals surface area contributed by atoms with Gasteiger partial charge in [0.15, 0.2) is 0 Å². The van der Waals surface area contributed by atoms with E-state index in [0.29, 0.717) is 12.3 Å². The van der Waals surface area contributed by atoms with Crippen LogP contribution in [0, 0.1) is 12.3 Å². The number of hydrogen-bond donors (Lipinski definition) is 2. The van der Waals surface area contributed by atoms with Crippen molar-refractivity contribution in [3.8, 4) is 5.75 Å². The summed E-state index contributed by atoms with van der Waals surface area (Å²) in [5, 5.41) is 14.3. The molecule has 0 radical (unpaired) electrons. The summed E-state index contributed by atoms with van der Waals surface area (Å²) in [4.78, 5) is 27.3. The minimum atomic E-state index is -0.995. The number of amides is 1. The smallest absolute Gasteiger partial charge is 0.310 e. The molecule has 1 heterocycles. The van der Waals surface area contributed by atoms with Crippen molar-refractivity contribution in [1.29, 1.82) is 0 Å². The fourth-order valence-corrected chi connectivity index (χ4v) is 2.60. The van der Waals surface area contributed by atoms with Crippen LogP contribution >= 0.6 is 11.3 Å². The SMILES string of the molecule is Cc1ccc(OCc2nc(CC(=O)NCC(C)(C)C(=O)O)cs2)cc1. The van der Waals surface area contributed by atoms with Gasteiger partial charge in [-0.2, -0.15) is 0 Å². The summed E-state index contributed by atoms with van der Waals surface area (Å²) in [7, 11) is 0. The van der Waals surface area contributed by atoms with Crippen molar-refractivity contribution in [2.45, 2.75) is 33.8 Å². The van der Waals surface area contributed by atoms with Crippen molar-refractivity contribution in [2.75, 3.05) is 6.54 Å². The van der Waals surface area contributed by atoms with Gasteiger partial charge < -0.3 is 15.2 Å². The van der Waals surface area contributed by atoms with E-state index in [1.165, 1.54) is 16.9 Å². The molecule has 0 saturated carbocycles. The zero-order chi connectivity index (χ0) is 18.4. The lowest BCUT2D eigenvalue weighted by Gasteiger charge is -2.19. The highest BCUT2D eigenvalue weighted by molar-refractivity contribution is 7.09. The molecule has 0 bridgehead atoms. The number of carbonyl (C=O) groups is 2. The number of thiazole rings is 1. The summed E-state index contributed by atoms with van der Waals surface area (Å²) in [5.74, 6) is -0.418. The summed E-state index contributed by atoms with van der Waals surface area (Å²) < 4.78 is 5.67. The number of aliphatic carboxylic acids is 1. The lowest BCUT2D eigenvalue weighted by atomic mass is 9.94. The zero-order valence-electron chi connectivity index (χ0n) is 14.5. The molecule has 0 spiro atoms. The van der Waals surface area contributed by atoms with E-state index in [2.05, 4.69) is 10.3 Å². The summed E-state index contributed by atoms with van der Waals surface area (Å²) in [6.45, 7) is 5.58. The molecule has 25 heavy (non-hydrogen) atoms. The first-order valence-electron chi connectivity index (χ1n) is 7.89. The highest BCUT2D eigenvalue weighted by atomic mass is 32.1. The molecule has 6 nitrogen and oxygen atoms in total. The lowest BCUT2D eigenvalue weighted by Crippen LogP contribution is -2.39. The first kappa shape index (κ1) is 18.9. The number of carboxylic acid groups (broad SMARTS) is 1. The van der Waals surface area contributed by atoms with Crippen LogP contribution in [0.15, 0.2) is 29.6 Å². The second kappa shape index (κ2) is 8.11. The van der Waals surface area contributed by atoms with Crippen molar-refractivity contribution >= 4 is 23.2 Å². The van der Waals surface area contributed by atoms with Crippen LogP contribution in [0.25, 0.3) is 0 Å². The molecule has 0 aliphatic rings. The van der Waals surface area contributed by atoms with Gasteiger partial charge in [0.1, 0.15) is 17.4 Å². The van der Waals surface area contributed by atoms with Gasteiger partial charge in [0.25, 0.3) is 0 Å². The van der Waals surface area contributed by atoms with Crippen LogP contribution in [0.2, 0.25) is 0 Å². The monoisotopic (exact) mass is 362 g/mol. The number of nitrogens with one attached hydrogen (secondary N) is 1. The highest BCUT2D eigenvalue weighted by Crippen LogP contribution is 2.17. The third-order valence-corrected chi connectivity index (χ3v) is 4.50. The Balaban J connectivity index is 1.81. The van der Waals surface area contributed by atoms with Gasteiger partial charge in [-0.1, -0.05) is 17.7 Å². The molecule has 2 N–H and O–H groups in total. The minimum absolute atomic E-state index is 0.0781. The Labute approximate surface area is 150 Å². The average Bonchev–Trinajstić information content (AvgIpc) is 3.00. The first-order valence-corrected chi connectivity index (χ1v) is 8.77. The number of ether oxygens (including phenoxy) is 1. The first-order chi connectivity index (χ1) is 11.8. The van der Waals surface area contributed by atoms with Gasteiger partial charge in [0.2, 0.25) is 5.91 Å². The number of carbonyl (C=O) groups excluding carboxylic acids is 1. The molecule has 0 atom stereocenters. The number of rotatable bonds is 8. The molecule has 1 amide bonds. The van der Waals surface area contributed by atoms with Gasteiger partial charge >= 0.3 is 5.97 Å². The molecule has 1 aromatic heterocycles. The van der Waals surface area contributed by atoms with E-state index in [1.54, 1.807) is 13.8 Å². The van der Waals surface area contributed by atoms with Crippen molar-refractivity contribution < 1.29 is 19.4 Å². The van der Waals surface area contributed by atoms with Gasteiger partial charge in [0.05, 0.1) is 17.5 Å². The molecule has 0 saturated heterocycles. The zero-order valence-corrected chi connectivity index (χ0v) is 15.4. The minimum Gasteiger partial charge on any atom is -0.486 e. The maximum absolute atomic E-state index is 11.9. The van der Waals surface area contributed by atoms with Crippen molar-refractivity contribution in [1.82, 2.24) is 10.3 Å². The molecule has 2 rings (SSSR count). The van der Waals surface area contributed by atoms with Gasteiger partial charge in [-0.25, -0.2) is 4.98 Å². The third-order valence-electron chi connectivity index (χ3n) is 3.63. The van der Waals surface area contributed by atoms with E-state index in [4.69, 9.17) is 9.84 Å². The maximum atomic E-state index is 11.9. The lowest BCUT2D eigenvalue weighted by molar-refractivity contribution is -0.146. The molecule has 0 aliphatic heterocycles. The molecular formula is C18H22N2O4S. The number of aryl methyl sites for hydroxylation is 1. The predicted molar refractivity (Wildman–Crippen MR) is 95.8 cm³/mol. The molecule has 0 fully saturated rings. The van der Waals surface area contributed by atoms with Crippen LogP contribution in [0.5, 0.6) is 5.75 Å². The normalized spacial score (nSPS) is 11.2. The fraction of sp³-hybridized carbons (Fsp3) is 0.389. The molecule has 2 aromatic rings. The maximum Gasteiger partial charge on any atom is 0.310 e.